The van der Waals surface area contributed by atoms with E-state index in [2.05, 4.69) is 25.6 Å². The molecule has 0 radical (unpaired) electrons. The van der Waals surface area contributed by atoms with Crippen LogP contribution in [0.3, 0.4) is 0 Å². The zero-order chi connectivity index (χ0) is 24.0. The maximum absolute atomic E-state index is 12.5. The molecule has 1 aromatic heterocycles. The quantitative estimate of drug-likeness (QED) is 0.386. The average Bonchev–Trinajstić information content (AvgIpc) is 3.18. The lowest BCUT2D eigenvalue weighted by molar-refractivity contribution is -0.113. The van der Waals surface area contributed by atoms with E-state index in [1.165, 1.54) is 18.9 Å². The molecule has 2 aromatic carbocycles. The van der Waals surface area contributed by atoms with Crippen molar-refractivity contribution in [2.24, 2.45) is 7.05 Å². The van der Waals surface area contributed by atoms with E-state index in [0.717, 1.165) is 5.56 Å². The smallest absolute Gasteiger partial charge is 0.337 e. The summed E-state index contributed by atoms with van der Waals surface area (Å²) in [5, 5.41) is 14.6. The Morgan fingerprint density at radius 1 is 1.03 bits per heavy atom. The lowest BCUT2D eigenvalue weighted by Gasteiger charge is -2.13. The van der Waals surface area contributed by atoms with Crippen LogP contribution in [0.2, 0.25) is 0 Å². The molecule has 0 aliphatic heterocycles. The molecule has 0 saturated carbocycles. The van der Waals surface area contributed by atoms with Crippen LogP contribution in [-0.2, 0) is 16.6 Å². The van der Waals surface area contributed by atoms with Gasteiger partial charge in [-0.2, -0.15) is 0 Å². The third-order valence-electron chi connectivity index (χ3n) is 4.84. The molecule has 2 N–H and O–H groups in total. The number of hydrogen-bond donors (Lipinski definition) is 2. The van der Waals surface area contributed by atoms with Crippen LogP contribution in [-0.4, -0.2) is 45.4 Å². The number of aryl methyl sites for hydroxylation is 1. The molecular weight excluding hydrogens is 442 g/mol. The number of benzene rings is 2. The second-order valence-electron chi connectivity index (χ2n) is 7.37. The van der Waals surface area contributed by atoms with Gasteiger partial charge in [0.05, 0.1) is 24.5 Å². The second-order valence-corrected chi connectivity index (χ2v) is 8.31. The third-order valence-corrected chi connectivity index (χ3v) is 5.86. The van der Waals surface area contributed by atoms with Gasteiger partial charge in [-0.25, -0.2) is 4.79 Å². The minimum absolute atomic E-state index is 0.120. The fraction of sp³-hybridized carbons (Fsp3) is 0.261. The zero-order valence-corrected chi connectivity index (χ0v) is 19.6. The molecule has 3 aromatic rings. The van der Waals surface area contributed by atoms with Crippen LogP contribution in [0.4, 0.5) is 5.69 Å². The molecule has 33 heavy (non-hydrogen) atoms. The summed E-state index contributed by atoms with van der Waals surface area (Å²) in [6.07, 6.45) is 0. The van der Waals surface area contributed by atoms with Crippen molar-refractivity contribution in [3.05, 3.63) is 71.0 Å². The van der Waals surface area contributed by atoms with E-state index in [1.54, 1.807) is 48.0 Å². The van der Waals surface area contributed by atoms with Gasteiger partial charge in [-0.15, -0.1) is 10.2 Å². The Morgan fingerprint density at radius 2 is 1.67 bits per heavy atom. The fourth-order valence-corrected chi connectivity index (χ4v) is 3.73. The van der Waals surface area contributed by atoms with Crippen molar-refractivity contribution in [2.75, 3.05) is 18.2 Å². The van der Waals surface area contributed by atoms with Gasteiger partial charge < -0.3 is 19.9 Å². The molecule has 1 heterocycles. The molecule has 0 fully saturated rings. The second kappa shape index (κ2) is 10.8. The minimum atomic E-state index is -0.439. The molecule has 10 heteroatoms. The molecule has 1 unspecified atom stereocenters. The minimum Gasteiger partial charge on any atom is -0.465 e. The van der Waals surface area contributed by atoms with Gasteiger partial charge in [-0.05, 0) is 50.2 Å². The van der Waals surface area contributed by atoms with Crippen molar-refractivity contribution < 1.29 is 19.1 Å². The highest BCUT2D eigenvalue weighted by Crippen LogP contribution is 2.20. The van der Waals surface area contributed by atoms with Gasteiger partial charge in [0, 0.05) is 18.3 Å². The molecule has 1 atom stereocenters. The highest BCUT2D eigenvalue weighted by Gasteiger charge is 2.19. The van der Waals surface area contributed by atoms with E-state index in [9.17, 15) is 14.4 Å². The number of nitrogens with one attached hydrogen (secondary N) is 2. The van der Waals surface area contributed by atoms with E-state index in [-0.39, 0.29) is 23.6 Å². The fourth-order valence-electron chi connectivity index (χ4n) is 3.01. The van der Waals surface area contributed by atoms with E-state index in [0.29, 0.717) is 27.8 Å². The first-order valence-corrected chi connectivity index (χ1v) is 11.1. The van der Waals surface area contributed by atoms with Crippen LogP contribution in [0.1, 0.15) is 45.1 Å². The Bertz CT molecular complexity index is 1140. The molecule has 0 spiro atoms. The summed E-state index contributed by atoms with van der Waals surface area (Å²) in [5.74, 6) is -0.162. The zero-order valence-electron chi connectivity index (χ0n) is 18.8. The molecule has 2 amide bonds. The first-order valence-electron chi connectivity index (χ1n) is 10.2. The SMILES string of the molecule is COC(=O)c1ccc(NC(=O)CSc2nnc(C(C)NC(=O)c3ccc(C)cc3)n2C)cc1. The number of rotatable bonds is 8. The highest BCUT2D eigenvalue weighted by molar-refractivity contribution is 7.99. The third kappa shape index (κ3) is 6.19. The lowest BCUT2D eigenvalue weighted by atomic mass is 10.1. The van der Waals surface area contributed by atoms with Crippen LogP contribution in [0.15, 0.2) is 53.7 Å². The number of esters is 1. The van der Waals surface area contributed by atoms with E-state index in [4.69, 9.17) is 0 Å². The number of amides is 2. The number of carbonyl (C=O) groups is 3. The summed E-state index contributed by atoms with van der Waals surface area (Å²) in [4.78, 5) is 36.3. The molecule has 172 valence electrons. The number of nitrogens with zero attached hydrogens (tertiary/aromatic N) is 3. The van der Waals surface area contributed by atoms with Crippen LogP contribution < -0.4 is 10.6 Å². The van der Waals surface area contributed by atoms with Crippen molar-refractivity contribution in [3.8, 4) is 0 Å². The lowest BCUT2D eigenvalue weighted by Crippen LogP contribution is -2.28. The van der Waals surface area contributed by atoms with Gasteiger partial charge in [0.2, 0.25) is 5.91 Å². The monoisotopic (exact) mass is 467 g/mol. The summed E-state index contributed by atoms with van der Waals surface area (Å²) in [7, 11) is 3.10. The van der Waals surface area contributed by atoms with Crippen LogP contribution in [0, 0.1) is 6.92 Å². The van der Waals surface area contributed by atoms with Gasteiger partial charge in [-0.3, -0.25) is 9.59 Å². The number of thioether (sulfide) groups is 1. The highest BCUT2D eigenvalue weighted by atomic mass is 32.2. The summed E-state index contributed by atoms with van der Waals surface area (Å²) in [5.41, 5.74) is 2.62. The van der Waals surface area contributed by atoms with Crippen molar-refractivity contribution in [1.29, 1.82) is 0 Å². The maximum atomic E-state index is 12.5. The number of anilines is 1. The Morgan fingerprint density at radius 3 is 2.30 bits per heavy atom. The predicted octanol–water partition coefficient (Wildman–Crippen LogP) is 3.13. The Kier molecular flexibility index (Phi) is 7.83. The van der Waals surface area contributed by atoms with Gasteiger partial charge in [0.1, 0.15) is 0 Å². The normalized spacial score (nSPS) is 11.5. The Hall–Kier alpha value is -3.66. The summed E-state index contributed by atoms with van der Waals surface area (Å²) in [6.45, 7) is 3.79. The van der Waals surface area contributed by atoms with Crippen molar-refractivity contribution in [1.82, 2.24) is 20.1 Å². The van der Waals surface area contributed by atoms with Crippen molar-refractivity contribution >= 4 is 35.2 Å². The number of ether oxygens (including phenoxy) is 1. The standard InChI is InChI=1S/C23H25N5O4S/c1-14-5-7-16(8-6-14)21(30)24-15(2)20-26-27-23(28(20)3)33-13-19(29)25-18-11-9-17(10-12-18)22(31)32-4/h5-12,15H,13H2,1-4H3,(H,24,30)(H,25,29). The molecule has 0 aliphatic rings. The topological polar surface area (TPSA) is 115 Å². The number of carbonyl (C=O) groups excluding carboxylic acids is 3. The van der Waals surface area contributed by atoms with Gasteiger partial charge >= 0.3 is 5.97 Å². The Labute approximate surface area is 195 Å². The van der Waals surface area contributed by atoms with E-state index < -0.39 is 5.97 Å². The van der Waals surface area contributed by atoms with Crippen LogP contribution in [0.25, 0.3) is 0 Å². The van der Waals surface area contributed by atoms with Gasteiger partial charge in [-0.1, -0.05) is 29.5 Å². The first-order chi connectivity index (χ1) is 15.8. The number of hydrogen-bond acceptors (Lipinski definition) is 7. The van der Waals surface area contributed by atoms with Crippen LogP contribution in [0.5, 0.6) is 0 Å². The van der Waals surface area contributed by atoms with Gasteiger partial charge in [0.25, 0.3) is 5.91 Å². The molecule has 0 saturated heterocycles. The number of aromatic nitrogens is 3. The van der Waals surface area contributed by atoms with E-state index >= 15 is 0 Å². The molecule has 0 aliphatic carbocycles. The van der Waals surface area contributed by atoms with Crippen molar-refractivity contribution in [2.45, 2.75) is 25.0 Å². The summed E-state index contributed by atoms with van der Waals surface area (Å²) < 4.78 is 6.41. The molecular formula is C23H25N5O4S. The van der Waals surface area contributed by atoms with Gasteiger partial charge in [0.15, 0.2) is 11.0 Å². The average molecular weight is 468 g/mol. The van der Waals surface area contributed by atoms with Crippen LogP contribution >= 0.6 is 11.8 Å². The van der Waals surface area contributed by atoms with E-state index in [1.807, 2.05) is 26.0 Å². The Balaban J connectivity index is 1.54. The maximum Gasteiger partial charge on any atom is 0.337 e. The largest absolute Gasteiger partial charge is 0.465 e. The molecule has 3 rings (SSSR count). The van der Waals surface area contributed by atoms with Crippen molar-refractivity contribution in [3.63, 3.8) is 0 Å². The summed E-state index contributed by atoms with van der Waals surface area (Å²) >= 11 is 1.23. The number of methoxy groups -OCH3 is 1. The predicted molar refractivity (Wildman–Crippen MR) is 125 cm³/mol. The molecule has 0 bridgehead atoms. The first kappa shape index (κ1) is 24.0. The summed E-state index contributed by atoms with van der Waals surface area (Å²) in [6, 6.07) is 13.4. The molecule has 9 nitrogen and oxygen atoms in total.